The molecule has 0 aromatic carbocycles. The molecule has 0 saturated carbocycles. The van der Waals surface area contributed by atoms with Crippen molar-refractivity contribution in [1.29, 1.82) is 0 Å². The van der Waals surface area contributed by atoms with Gasteiger partial charge in [0, 0.05) is 18.5 Å². The number of piperidine rings is 1. The van der Waals surface area contributed by atoms with E-state index < -0.39 is 0 Å². The lowest BCUT2D eigenvalue weighted by Gasteiger charge is -2.27. The van der Waals surface area contributed by atoms with Gasteiger partial charge in [-0.05, 0) is 25.9 Å². The van der Waals surface area contributed by atoms with Crippen LogP contribution in [0.5, 0.6) is 0 Å². The van der Waals surface area contributed by atoms with E-state index in [2.05, 4.69) is 4.90 Å². The van der Waals surface area contributed by atoms with Crippen LogP contribution < -0.4 is 0 Å². The average Bonchev–Trinajstić information content (AvgIpc) is 2.23. The Balaban J connectivity index is 1.88. The Morgan fingerprint density at radius 2 is 2.07 bits per heavy atom. The number of hydrogen-bond donors (Lipinski definition) is 0. The van der Waals surface area contributed by atoms with E-state index >= 15 is 0 Å². The summed E-state index contributed by atoms with van der Waals surface area (Å²) in [5, 5.41) is 0. The molecule has 3 heteroatoms. The summed E-state index contributed by atoms with van der Waals surface area (Å²) >= 11 is 0. The first kappa shape index (κ1) is 9.71. The number of ether oxygens (including phenoxy) is 1. The van der Waals surface area contributed by atoms with Crippen LogP contribution in [-0.2, 0) is 9.53 Å². The predicted octanol–water partition coefficient (Wildman–Crippen LogP) is 1.35. The van der Waals surface area contributed by atoms with Crippen molar-refractivity contribution in [3.05, 3.63) is 11.8 Å². The van der Waals surface area contributed by atoms with E-state index in [1.165, 1.54) is 19.3 Å². The molecule has 0 N–H and O–H groups in total. The van der Waals surface area contributed by atoms with E-state index in [1.54, 1.807) is 6.26 Å². The lowest BCUT2D eigenvalue weighted by molar-refractivity contribution is -0.117. The molecular weight excluding hydrogens is 178 g/mol. The van der Waals surface area contributed by atoms with Crippen LogP contribution in [0.3, 0.4) is 0 Å². The topological polar surface area (TPSA) is 29.5 Å². The molecule has 0 atom stereocenters. The zero-order chi connectivity index (χ0) is 9.80. The second-order valence-electron chi connectivity index (χ2n) is 4.02. The van der Waals surface area contributed by atoms with Crippen LogP contribution >= 0.6 is 0 Å². The molecule has 0 aliphatic carbocycles. The summed E-state index contributed by atoms with van der Waals surface area (Å²) in [4.78, 5) is 13.8. The number of hydrogen-bond acceptors (Lipinski definition) is 3. The Bertz CT molecular complexity index is 242. The molecule has 2 aliphatic heterocycles. The predicted molar refractivity (Wildman–Crippen MR) is 54.0 cm³/mol. The molecule has 0 bridgehead atoms. The fourth-order valence-electron chi connectivity index (χ4n) is 2.02. The number of carbonyl (C=O) groups is 1. The summed E-state index contributed by atoms with van der Waals surface area (Å²) in [7, 11) is 0. The van der Waals surface area contributed by atoms with Gasteiger partial charge in [-0.15, -0.1) is 0 Å². The van der Waals surface area contributed by atoms with Gasteiger partial charge in [-0.3, -0.25) is 9.69 Å². The van der Waals surface area contributed by atoms with E-state index in [-0.39, 0.29) is 5.78 Å². The summed E-state index contributed by atoms with van der Waals surface area (Å²) in [5.41, 5.74) is 0.859. The van der Waals surface area contributed by atoms with Crippen molar-refractivity contribution in [3.63, 3.8) is 0 Å². The second-order valence-corrected chi connectivity index (χ2v) is 4.02. The van der Waals surface area contributed by atoms with Crippen LogP contribution in [-0.4, -0.2) is 36.9 Å². The normalized spacial score (nSPS) is 24.3. The molecular formula is C11H17NO2. The fourth-order valence-corrected chi connectivity index (χ4v) is 2.02. The van der Waals surface area contributed by atoms with Crippen molar-refractivity contribution >= 4 is 5.78 Å². The summed E-state index contributed by atoms with van der Waals surface area (Å²) in [6.07, 6.45) is 6.07. The minimum atomic E-state index is 0.266. The van der Waals surface area contributed by atoms with Crippen molar-refractivity contribution in [2.24, 2.45) is 0 Å². The number of carbonyl (C=O) groups excluding carboxylic acids is 1. The molecule has 2 heterocycles. The van der Waals surface area contributed by atoms with Crippen molar-refractivity contribution in [1.82, 2.24) is 4.90 Å². The Kier molecular flexibility index (Phi) is 3.19. The molecule has 0 radical (unpaired) electrons. The number of likely N-dealkylation sites (tertiary alicyclic amines) is 1. The van der Waals surface area contributed by atoms with Gasteiger partial charge in [0.15, 0.2) is 5.78 Å². The standard InChI is InChI=1S/C11H17NO2/c13-11-4-7-14-9-10(11)8-12-5-2-1-3-6-12/h9H,1-8H2. The van der Waals surface area contributed by atoms with E-state index in [1.807, 2.05) is 0 Å². The average molecular weight is 195 g/mol. The molecule has 3 nitrogen and oxygen atoms in total. The van der Waals surface area contributed by atoms with Gasteiger partial charge in [-0.1, -0.05) is 6.42 Å². The SMILES string of the molecule is O=C1CCOC=C1CN1CCCCC1. The molecule has 0 aromatic rings. The highest BCUT2D eigenvalue weighted by molar-refractivity contribution is 5.96. The van der Waals surface area contributed by atoms with E-state index in [4.69, 9.17) is 4.74 Å². The van der Waals surface area contributed by atoms with Gasteiger partial charge in [-0.25, -0.2) is 0 Å². The fraction of sp³-hybridized carbons (Fsp3) is 0.727. The molecule has 0 amide bonds. The highest BCUT2D eigenvalue weighted by Gasteiger charge is 2.18. The molecule has 1 fully saturated rings. The van der Waals surface area contributed by atoms with Crippen LogP contribution in [0.25, 0.3) is 0 Å². The van der Waals surface area contributed by atoms with Crippen molar-refractivity contribution in [3.8, 4) is 0 Å². The first-order valence-corrected chi connectivity index (χ1v) is 5.42. The van der Waals surface area contributed by atoms with Crippen molar-refractivity contribution in [2.75, 3.05) is 26.2 Å². The highest BCUT2D eigenvalue weighted by Crippen LogP contribution is 2.14. The third-order valence-corrected chi connectivity index (χ3v) is 2.87. The smallest absolute Gasteiger partial charge is 0.166 e. The summed E-state index contributed by atoms with van der Waals surface area (Å²) in [5.74, 6) is 0.266. The maximum Gasteiger partial charge on any atom is 0.166 e. The molecule has 0 unspecified atom stereocenters. The first-order chi connectivity index (χ1) is 6.86. The van der Waals surface area contributed by atoms with Crippen LogP contribution in [0, 0.1) is 0 Å². The van der Waals surface area contributed by atoms with E-state index in [9.17, 15) is 4.79 Å². The van der Waals surface area contributed by atoms with Gasteiger partial charge in [0.25, 0.3) is 0 Å². The highest BCUT2D eigenvalue weighted by atomic mass is 16.5. The lowest BCUT2D eigenvalue weighted by atomic mass is 10.1. The van der Waals surface area contributed by atoms with E-state index in [0.29, 0.717) is 13.0 Å². The third kappa shape index (κ3) is 2.35. The van der Waals surface area contributed by atoms with Gasteiger partial charge in [0.2, 0.25) is 0 Å². The third-order valence-electron chi connectivity index (χ3n) is 2.87. The second kappa shape index (κ2) is 4.60. The first-order valence-electron chi connectivity index (χ1n) is 5.42. The van der Waals surface area contributed by atoms with E-state index in [0.717, 1.165) is 25.2 Å². The Morgan fingerprint density at radius 3 is 2.79 bits per heavy atom. The van der Waals surface area contributed by atoms with Crippen molar-refractivity contribution < 1.29 is 9.53 Å². The lowest BCUT2D eigenvalue weighted by Crippen LogP contribution is -2.33. The number of nitrogens with zero attached hydrogens (tertiary/aromatic N) is 1. The van der Waals surface area contributed by atoms with Gasteiger partial charge in [0.05, 0.1) is 12.9 Å². The number of Topliss-reactive ketones (excluding diaryl/α,β-unsaturated/α-hetero) is 1. The van der Waals surface area contributed by atoms with Crippen LogP contribution in [0.4, 0.5) is 0 Å². The molecule has 2 aliphatic rings. The zero-order valence-corrected chi connectivity index (χ0v) is 8.50. The van der Waals surface area contributed by atoms with Crippen molar-refractivity contribution in [2.45, 2.75) is 25.7 Å². The molecule has 2 rings (SSSR count). The maximum absolute atomic E-state index is 11.5. The molecule has 14 heavy (non-hydrogen) atoms. The van der Waals surface area contributed by atoms with Gasteiger partial charge >= 0.3 is 0 Å². The Morgan fingerprint density at radius 1 is 1.29 bits per heavy atom. The Labute approximate surface area is 84.7 Å². The minimum Gasteiger partial charge on any atom is -0.500 e. The maximum atomic E-state index is 11.5. The summed E-state index contributed by atoms with van der Waals surface area (Å²) in [6, 6.07) is 0. The number of ketones is 1. The van der Waals surface area contributed by atoms with Crippen LogP contribution in [0.15, 0.2) is 11.8 Å². The van der Waals surface area contributed by atoms with Crippen LogP contribution in [0.2, 0.25) is 0 Å². The summed E-state index contributed by atoms with van der Waals surface area (Å²) < 4.78 is 5.18. The van der Waals surface area contributed by atoms with Crippen LogP contribution in [0.1, 0.15) is 25.7 Å². The molecule has 78 valence electrons. The zero-order valence-electron chi connectivity index (χ0n) is 8.50. The molecule has 0 spiro atoms. The largest absolute Gasteiger partial charge is 0.500 e. The molecule has 0 aromatic heterocycles. The minimum absolute atomic E-state index is 0.266. The molecule has 1 saturated heterocycles. The van der Waals surface area contributed by atoms with Gasteiger partial charge in [-0.2, -0.15) is 0 Å². The summed E-state index contributed by atoms with van der Waals surface area (Å²) in [6.45, 7) is 3.61. The number of rotatable bonds is 2. The van der Waals surface area contributed by atoms with Gasteiger partial charge < -0.3 is 4.74 Å². The monoisotopic (exact) mass is 195 g/mol. The quantitative estimate of drug-likeness (QED) is 0.666. The van der Waals surface area contributed by atoms with Gasteiger partial charge in [0.1, 0.15) is 0 Å². The Hall–Kier alpha value is -0.830.